The number of esters is 1. The van der Waals surface area contributed by atoms with Crippen molar-refractivity contribution in [2.24, 2.45) is 5.92 Å². The molecule has 0 saturated heterocycles. The van der Waals surface area contributed by atoms with E-state index < -0.39 is 11.4 Å². The Morgan fingerprint density at radius 2 is 2.13 bits per heavy atom. The van der Waals surface area contributed by atoms with E-state index in [1.54, 1.807) is 12.1 Å². The summed E-state index contributed by atoms with van der Waals surface area (Å²) in [5, 5.41) is 0.821. The lowest BCUT2D eigenvalue weighted by Crippen LogP contribution is -2.39. The minimum atomic E-state index is -0.762. The predicted octanol–water partition coefficient (Wildman–Crippen LogP) is 4.16. The number of aldehydes is 1. The molecule has 1 fully saturated rings. The molecule has 3 rings (SSSR count). The van der Waals surface area contributed by atoms with Crippen molar-refractivity contribution in [3.8, 4) is 0 Å². The average molecular weight is 331 g/mol. The van der Waals surface area contributed by atoms with Gasteiger partial charge in [-0.05, 0) is 48.5 Å². The third kappa shape index (κ3) is 2.63. The molecule has 1 unspecified atom stereocenters. The van der Waals surface area contributed by atoms with Crippen LogP contribution in [-0.4, -0.2) is 19.4 Å². The van der Waals surface area contributed by atoms with Crippen LogP contribution in [-0.2, 0) is 14.9 Å². The molecule has 0 aromatic heterocycles. The van der Waals surface area contributed by atoms with Crippen molar-refractivity contribution in [2.45, 2.75) is 31.1 Å². The van der Waals surface area contributed by atoms with Gasteiger partial charge in [0.1, 0.15) is 6.29 Å². The van der Waals surface area contributed by atoms with E-state index in [0.29, 0.717) is 12.0 Å². The van der Waals surface area contributed by atoms with E-state index in [2.05, 4.69) is 0 Å². The van der Waals surface area contributed by atoms with Crippen LogP contribution in [0.4, 0.5) is 0 Å². The standard InChI is InChI=1S/C19H19ClO3/c1-23-18(22)15-6-2-3-7-17(15)19(12-21)10-4-5-13-11-14(20)8-9-16(13)19/h2-3,6-9,12-13H,4-5,10-11H2,1H3/t13?,19-/m1/s1. The summed E-state index contributed by atoms with van der Waals surface area (Å²) in [4.78, 5) is 24.4. The average Bonchev–Trinajstić information content (AvgIpc) is 2.60. The van der Waals surface area contributed by atoms with Crippen molar-refractivity contribution in [2.75, 3.05) is 7.11 Å². The van der Waals surface area contributed by atoms with Gasteiger partial charge in [0.05, 0.1) is 18.1 Å². The second-order valence-electron chi connectivity index (χ2n) is 6.16. The van der Waals surface area contributed by atoms with Gasteiger partial charge in [0.2, 0.25) is 0 Å². The Labute approximate surface area is 141 Å². The van der Waals surface area contributed by atoms with Crippen LogP contribution in [0.1, 0.15) is 41.6 Å². The Morgan fingerprint density at radius 1 is 1.35 bits per heavy atom. The van der Waals surface area contributed by atoms with E-state index >= 15 is 0 Å². The Balaban J connectivity index is 2.19. The van der Waals surface area contributed by atoms with Gasteiger partial charge in [-0.15, -0.1) is 0 Å². The van der Waals surface area contributed by atoms with E-state index in [1.165, 1.54) is 7.11 Å². The molecule has 0 radical (unpaired) electrons. The first-order valence-electron chi connectivity index (χ1n) is 7.83. The number of halogens is 1. The number of methoxy groups -OCH3 is 1. The molecule has 0 aliphatic heterocycles. The quantitative estimate of drug-likeness (QED) is 0.617. The van der Waals surface area contributed by atoms with E-state index in [4.69, 9.17) is 16.3 Å². The fourth-order valence-electron chi connectivity index (χ4n) is 3.91. The minimum absolute atomic E-state index is 0.261. The summed E-state index contributed by atoms with van der Waals surface area (Å²) in [6.07, 6.45) is 8.27. The Bertz CT molecular complexity index is 704. The maximum Gasteiger partial charge on any atom is 0.338 e. The van der Waals surface area contributed by atoms with Crippen LogP contribution in [0.15, 0.2) is 47.0 Å². The lowest BCUT2D eigenvalue weighted by Gasteiger charge is -2.42. The molecule has 4 heteroatoms. The van der Waals surface area contributed by atoms with Gasteiger partial charge < -0.3 is 9.53 Å². The Kier molecular flexibility index (Phi) is 4.40. The van der Waals surface area contributed by atoms with Gasteiger partial charge in [-0.25, -0.2) is 4.79 Å². The number of carbonyl (C=O) groups is 2. The summed E-state index contributed by atoms with van der Waals surface area (Å²) in [6.45, 7) is 0. The summed E-state index contributed by atoms with van der Waals surface area (Å²) in [6, 6.07) is 7.25. The number of hydrogen-bond donors (Lipinski definition) is 0. The summed E-state index contributed by atoms with van der Waals surface area (Å²) in [5.74, 6) is -0.147. The maximum absolute atomic E-state index is 12.2. The van der Waals surface area contributed by atoms with E-state index in [0.717, 1.165) is 41.7 Å². The first kappa shape index (κ1) is 16.0. The summed E-state index contributed by atoms with van der Waals surface area (Å²) >= 11 is 6.18. The van der Waals surface area contributed by atoms with Crippen molar-refractivity contribution in [3.05, 3.63) is 58.1 Å². The molecule has 2 aliphatic carbocycles. The van der Waals surface area contributed by atoms with Crippen molar-refractivity contribution < 1.29 is 14.3 Å². The zero-order chi connectivity index (χ0) is 16.4. The smallest absolute Gasteiger partial charge is 0.338 e. The molecule has 1 saturated carbocycles. The Hall–Kier alpha value is -1.87. The zero-order valence-electron chi connectivity index (χ0n) is 13.0. The number of benzene rings is 1. The first-order chi connectivity index (χ1) is 11.1. The molecule has 0 amide bonds. The first-order valence-corrected chi connectivity index (χ1v) is 8.21. The molecule has 23 heavy (non-hydrogen) atoms. The topological polar surface area (TPSA) is 43.4 Å². The number of ether oxygens (including phenoxy) is 1. The van der Waals surface area contributed by atoms with Crippen LogP contribution < -0.4 is 0 Å². The molecular formula is C19H19ClO3. The number of carbonyl (C=O) groups excluding carboxylic acids is 2. The summed E-state index contributed by atoms with van der Waals surface area (Å²) in [5.41, 5.74) is 1.51. The van der Waals surface area contributed by atoms with Gasteiger partial charge in [0.25, 0.3) is 0 Å². The minimum Gasteiger partial charge on any atom is -0.465 e. The van der Waals surface area contributed by atoms with Crippen molar-refractivity contribution in [1.29, 1.82) is 0 Å². The van der Waals surface area contributed by atoms with Gasteiger partial charge in [0, 0.05) is 5.03 Å². The van der Waals surface area contributed by atoms with Gasteiger partial charge in [0.15, 0.2) is 0 Å². The molecule has 1 aromatic carbocycles. The molecule has 2 atom stereocenters. The van der Waals surface area contributed by atoms with Crippen LogP contribution in [0.5, 0.6) is 0 Å². The van der Waals surface area contributed by atoms with E-state index in [1.807, 2.05) is 24.3 Å². The maximum atomic E-state index is 12.2. The van der Waals surface area contributed by atoms with Gasteiger partial charge >= 0.3 is 5.97 Å². The normalized spacial score (nSPS) is 26.6. The predicted molar refractivity (Wildman–Crippen MR) is 89.5 cm³/mol. The molecule has 0 spiro atoms. The van der Waals surface area contributed by atoms with Crippen LogP contribution in [0.25, 0.3) is 0 Å². The SMILES string of the molecule is COC(=O)c1ccccc1[C@@]1(C=O)CCCC2CC(Cl)=CC=C21. The monoisotopic (exact) mass is 330 g/mol. The molecule has 2 aliphatic rings. The van der Waals surface area contributed by atoms with Gasteiger partial charge in [-0.2, -0.15) is 0 Å². The number of fused-ring (bicyclic) bond motifs is 1. The second kappa shape index (κ2) is 6.32. The number of allylic oxidation sites excluding steroid dienone is 4. The largest absolute Gasteiger partial charge is 0.465 e. The highest BCUT2D eigenvalue weighted by molar-refractivity contribution is 6.29. The van der Waals surface area contributed by atoms with Gasteiger partial charge in [-0.1, -0.05) is 42.3 Å². The summed E-state index contributed by atoms with van der Waals surface area (Å²) < 4.78 is 4.90. The fourth-order valence-corrected chi connectivity index (χ4v) is 4.16. The third-order valence-electron chi connectivity index (χ3n) is 4.98. The van der Waals surface area contributed by atoms with Gasteiger partial charge in [-0.3, -0.25) is 0 Å². The number of hydrogen-bond acceptors (Lipinski definition) is 3. The third-order valence-corrected chi connectivity index (χ3v) is 5.26. The molecule has 3 nitrogen and oxygen atoms in total. The van der Waals surface area contributed by atoms with E-state index in [9.17, 15) is 9.59 Å². The highest BCUT2D eigenvalue weighted by atomic mass is 35.5. The van der Waals surface area contributed by atoms with Crippen molar-refractivity contribution in [1.82, 2.24) is 0 Å². The molecule has 0 N–H and O–H groups in total. The van der Waals surface area contributed by atoms with Crippen molar-refractivity contribution in [3.63, 3.8) is 0 Å². The fraction of sp³-hybridized carbons (Fsp3) is 0.368. The lowest BCUT2D eigenvalue weighted by molar-refractivity contribution is -0.112. The highest BCUT2D eigenvalue weighted by Gasteiger charge is 2.44. The molecule has 0 bridgehead atoms. The lowest BCUT2D eigenvalue weighted by atomic mass is 9.60. The molecule has 120 valence electrons. The molecular weight excluding hydrogens is 312 g/mol. The highest BCUT2D eigenvalue weighted by Crippen LogP contribution is 2.49. The Morgan fingerprint density at radius 3 is 2.87 bits per heavy atom. The molecule has 0 heterocycles. The van der Waals surface area contributed by atoms with Crippen LogP contribution in [0.2, 0.25) is 0 Å². The van der Waals surface area contributed by atoms with Crippen LogP contribution in [0, 0.1) is 5.92 Å². The second-order valence-corrected chi connectivity index (χ2v) is 6.64. The summed E-state index contributed by atoms with van der Waals surface area (Å²) in [7, 11) is 1.36. The molecule has 1 aromatic rings. The number of rotatable bonds is 3. The van der Waals surface area contributed by atoms with Crippen molar-refractivity contribution >= 4 is 23.9 Å². The van der Waals surface area contributed by atoms with Crippen LogP contribution in [0.3, 0.4) is 0 Å². The zero-order valence-corrected chi connectivity index (χ0v) is 13.8. The van der Waals surface area contributed by atoms with Crippen LogP contribution >= 0.6 is 11.6 Å². The van der Waals surface area contributed by atoms with E-state index in [-0.39, 0.29) is 5.92 Å².